The van der Waals surface area contributed by atoms with Crippen LogP contribution >= 0.6 is 0 Å². The minimum atomic E-state index is -0.334. The molecule has 2 heteroatoms. The van der Waals surface area contributed by atoms with Crippen molar-refractivity contribution in [1.82, 2.24) is 0 Å². The highest BCUT2D eigenvalue weighted by atomic mass is 16.5. The maximum Gasteiger partial charge on any atom is 0.343 e. The van der Waals surface area contributed by atoms with Gasteiger partial charge in [-0.1, -0.05) is 74.5 Å². The highest BCUT2D eigenvalue weighted by Crippen LogP contribution is 2.30. The number of benzene rings is 3. The Morgan fingerprint density at radius 2 is 1.52 bits per heavy atom. The number of hydrogen-bond acceptors (Lipinski definition) is 2. The van der Waals surface area contributed by atoms with Gasteiger partial charge in [-0.15, -0.1) is 0 Å². The van der Waals surface area contributed by atoms with Crippen LogP contribution < -0.4 is 4.74 Å². The van der Waals surface area contributed by atoms with Crippen LogP contribution in [0.2, 0.25) is 0 Å². The van der Waals surface area contributed by atoms with Crippen molar-refractivity contribution in [2.45, 2.75) is 26.2 Å². The lowest BCUT2D eigenvalue weighted by Gasteiger charge is -2.12. The minimum Gasteiger partial charge on any atom is -0.422 e. The van der Waals surface area contributed by atoms with Crippen molar-refractivity contribution in [2.24, 2.45) is 0 Å². The second-order valence-electron chi connectivity index (χ2n) is 6.18. The van der Waals surface area contributed by atoms with Crippen molar-refractivity contribution >= 4 is 5.97 Å². The third kappa shape index (κ3) is 3.97. The van der Waals surface area contributed by atoms with E-state index in [1.54, 1.807) is 0 Å². The summed E-state index contributed by atoms with van der Waals surface area (Å²) in [6.45, 7) is 4.34. The number of rotatable bonds is 5. The molecule has 3 aromatic carbocycles. The molecule has 1 unspecified atom stereocenters. The van der Waals surface area contributed by atoms with E-state index in [4.69, 9.17) is 4.74 Å². The summed E-state index contributed by atoms with van der Waals surface area (Å²) in [7, 11) is 0. The monoisotopic (exact) mass is 330 g/mol. The Morgan fingerprint density at radius 1 is 0.880 bits per heavy atom. The Balaban J connectivity index is 1.82. The molecular formula is C23H22O2. The summed E-state index contributed by atoms with van der Waals surface area (Å²) < 4.78 is 5.67. The summed E-state index contributed by atoms with van der Waals surface area (Å²) in [6, 6.07) is 25.2. The van der Waals surface area contributed by atoms with Crippen LogP contribution in [0, 0.1) is 0 Å². The van der Waals surface area contributed by atoms with E-state index in [9.17, 15) is 4.79 Å². The molecule has 3 aromatic rings. The molecule has 0 radical (unpaired) electrons. The third-order valence-electron chi connectivity index (χ3n) is 4.50. The fourth-order valence-electron chi connectivity index (χ4n) is 2.75. The van der Waals surface area contributed by atoms with E-state index in [0.29, 0.717) is 17.2 Å². The smallest absolute Gasteiger partial charge is 0.343 e. The van der Waals surface area contributed by atoms with Gasteiger partial charge < -0.3 is 4.74 Å². The zero-order valence-electron chi connectivity index (χ0n) is 14.6. The lowest BCUT2D eigenvalue weighted by molar-refractivity contribution is 0.0735. The molecule has 0 saturated heterocycles. The van der Waals surface area contributed by atoms with Gasteiger partial charge in [0.2, 0.25) is 0 Å². The zero-order chi connectivity index (χ0) is 17.6. The summed E-state index contributed by atoms with van der Waals surface area (Å²) in [4.78, 5) is 12.5. The number of carbonyl (C=O) groups excluding carboxylic acids is 1. The van der Waals surface area contributed by atoms with Crippen molar-refractivity contribution in [3.63, 3.8) is 0 Å². The molecule has 0 fully saturated rings. The second kappa shape index (κ2) is 7.80. The molecule has 0 saturated carbocycles. The molecule has 126 valence electrons. The number of hydrogen-bond donors (Lipinski definition) is 0. The number of carbonyl (C=O) groups is 1. The Kier molecular flexibility index (Phi) is 5.30. The largest absolute Gasteiger partial charge is 0.422 e. The summed E-state index contributed by atoms with van der Waals surface area (Å²) in [5.41, 5.74) is 3.74. The predicted octanol–water partition coefficient (Wildman–Crippen LogP) is 6.09. The molecule has 2 nitrogen and oxygen atoms in total. The maximum absolute atomic E-state index is 12.5. The topological polar surface area (TPSA) is 26.3 Å². The van der Waals surface area contributed by atoms with Crippen molar-refractivity contribution in [3.8, 4) is 16.9 Å². The summed E-state index contributed by atoms with van der Waals surface area (Å²) >= 11 is 0. The molecule has 0 bridgehead atoms. The van der Waals surface area contributed by atoms with Crippen LogP contribution in [0.4, 0.5) is 0 Å². The van der Waals surface area contributed by atoms with Gasteiger partial charge in [0.15, 0.2) is 0 Å². The Morgan fingerprint density at radius 3 is 2.20 bits per heavy atom. The average Bonchev–Trinajstić information content (AvgIpc) is 2.68. The first-order valence-corrected chi connectivity index (χ1v) is 8.65. The summed E-state index contributed by atoms with van der Waals surface area (Å²) in [6.07, 6.45) is 1.08. The zero-order valence-corrected chi connectivity index (χ0v) is 14.6. The minimum absolute atomic E-state index is 0.334. The molecule has 0 aliphatic rings. The van der Waals surface area contributed by atoms with Gasteiger partial charge in [-0.2, -0.15) is 0 Å². The molecule has 0 aromatic heterocycles. The SMILES string of the molecule is CCC(C)c1ccc(C(=O)Oc2ccccc2-c2ccccc2)cc1. The Hall–Kier alpha value is -2.87. The van der Waals surface area contributed by atoms with Crippen molar-refractivity contribution < 1.29 is 9.53 Å². The van der Waals surface area contributed by atoms with Gasteiger partial charge >= 0.3 is 5.97 Å². The van der Waals surface area contributed by atoms with Crippen LogP contribution in [0.5, 0.6) is 5.75 Å². The van der Waals surface area contributed by atoms with Crippen molar-refractivity contribution in [3.05, 3.63) is 90.0 Å². The van der Waals surface area contributed by atoms with Gasteiger partial charge in [0.25, 0.3) is 0 Å². The van der Waals surface area contributed by atoms with Crippen LogP contribution in [-0.2, 0) is 0 Å². The maximum atomic E-state index is 12.5. The number of esters is 1. The molecular weight excluding hydrogens is 308 g/mol. The summed E-state index contributed by atoms with van der Waals surface area (Å²) in [5, 5.41) is 0. The fourth-order valence-corrected chi connectivity index (χ4v) is 2.75. The van der Waals surface area contributed by atoms with E-state index < -0.39 is 0 Å². The Labute approximate surface area is 149 Å². The molecule has 1 atom stereocenters. The quantitative estimate of drug-likeness (QED) is 0.418. The van der Waals surface area contributed by atoms with Gasteiger partial charge in [0.05, 0.1) is 5.56 Å². The van der Waals surface area contributed by atoms with Gasteiger partial charge in [-0.05, 0) is 41.7 Å². The van der Waals surface area contributed by atoms with Gasteiger partial charge in [-0.25, -0.2) is 4.79 Å². The average molecular weight is 330 g/mol. The van der Waals surface area contributed by atoms with Crippen molar-refractivity contribution in [1.29, 1.82) is 0 Å². The second-order valence-corrected chi connectivity index (χ2v) is 6.18. The molecule has 0 heterocycles. The molecule has 0 aliphatic heterocycles. The van der Waals surface area contributed by atoms with E-state index in [1.807, 2.05) is 78.9 Å². The standard InChI is InChI=1S/C23H22O2/c1-3-17(2)18-13-15-20(16-14-18)23(24)25-22-12-8-7-11-21(22)19-9-5-4-6-10-19/h4-17H,3H2,1-2H3. The molecule has 0 spiro atoms. The predicted molar refractivity (Wildman–Crippen MR) is 102 cm³/mol. The van der Waals surface area contributed by atoms with Crippen LogP contribution in [0.3, 0.4) is 0 Å². The van der Waals surface area contributed by atoms with Gasteiger partial charge in [0, 0.05) is 5.56 Å². The highest BCUT2D eigenvalue weighted by Gasteiger charge is 2.13. The van der Waals surface area contributed by atoms with Crippen molar-refractivity contribution in [2.75, 3.05) is 0 Å². The summed E-state index contributed by atoms with van der Waals surface area (Å²) in [5.74, 6) is 0.729. The molecule has 0 amide bonds. The molecule has 3 rings (SSSR count). The van der Waals surface area contributed by atoms with E-state index >= 15 is 0 Å². The van der Waals surface area contributed by atoms with Crippen LogP contribution in [-0.4, -0.2) is 5.97 Å². The van der Waals surface area contributed by atoms with Crippen LogP contribution in [0.25, 0.3) is 11.1 Å². The van der Waals surface area contributed by atoms with Crippen LogP contribution in [0.15, 0.2) is 78.9 Å². The van der Waals surface area contributed by atoms with E-state index in [-0.39, 0.29) is 5.97 Å². The first-order chi connectivity index (χ1) is 12.2. The third-order valence-corrected chi connectivity index (χ3v) is 4.50. The van der Waals surface area contributed by atoms with E-state index in [1.165, 1.54) is 5.56 Å². The first-order valence-electron chi connectivity index (χ1n) is 8.65. The molecule has 0 aliphatic carbocycles. The van der Waals surface area contributed by atoms with E-state index in [2.05, 4.69) is 13.8 Å². The lowest BCUT2D eigenvalue weighted by atomic mass is 9.98. The Bertz CT molecular complexity index is 835. The van der Waals surface area contributed by atoms with Gasteiger partial charge in [0.1, 0.15) is 5.75 Å². The van der Waals surface area contributed by atoms with Gasteiger partial charge in [-0.3, -0.25) is 0 Å². The normalized spacial score (nSPS) is 11.8. The first kappa shape index (κ1) is 17.0. The number of ether oxygens (including phenoxy) is 1. The van der Waals surface area contributed by atoms with E-state index in [0.717, 1.165) is 17.5 Å². The number of para-hydroxylation sites is 1. The van der Waals surface area contributed by atoms with Crippen LogP contribution in [0.1, 0.15) is 42.1 Å². The fraction of sp³-hybridized carbons (Fsp3) is 0.174. The molecule has 25 heavy (non-hydrogen) atoms. The molecule has 0 N–H and O–H groups in total. The lowest BCUT2D eigenvalue weighted by Crippen LogP contribution is -2.09. The highest BCUT2D eigenvalue weighted by molar-refractivity contribution is 5.92.